The van der Waals surface area contributed by atoms with Gasteiger partial charge in [-0.05, 0) is 36.2 Å². The summed E-state index contributed by atoms with van der Waals surface area (Å²) < 4.78 is 10.5. The van der Waals surface area contributed by atoms with Crippen LogP contribution in [-0.2, 0) is 21.7 Å². The van der Waals surface area contributed by atoms with Crippen LogP contribution in [0.5, 0.6) is 0 Å². The monoisotopic (exact) mass is 392 g/mol. The second kappa shape index (κ2) is 8.12. The molecule has 8 heteroatoms. The Morgan fingerprint density at radius 1 is 1.30 bits per heavy atom. The smallest absolute Gasteiger partial charge is 0.325 e. The highest BCUT2D eigenvalue weighted by Crippen LogP contribution is 2.33. The first kappa shape index (κ1) is 19.4. The van der Waals surface area contributed by atoms with Crippen LogP contribution in [-0.4, -0.2) is 41.2 Å². The van der Waals surface area contributed by atoms with Crippen LogP contribution in [0.4, 0.5) is 4.79 Å². The molecule has 0 saturated carbocycles. The zero-order valence-electron chi connectivity index (χ0n) is 14.9. The number of aliphatic hydroxyl groups excluding tert-OH is 1. The summed E-state index contributed by atoms with van der Waals surface area (Å²) in [7, 11) is 0. The average Bonchev–Trinajstić information content (AvgIpc) is 3.25. The summed E-state index contributed by atoms with van der Waals surface area (Å²) >= 11 is 5.92. The number of nitrogens with zero attached hydrogens (tertiary/aromatic N) is 1. The van der Waals surface area contributed by atoms with Gasteiger partial charge < -0.3 is 19.6 Å². The van der Waals surface area contributed by atoms with Crippen LogP contribution in [0.25, 0.3) is 0 Å². The minimum atomic E-state index is -1.16. The van der Waals surface area contributed by atoms with E-state index < -0.39 is 23.6 Å². The van der Waals surface area contributed by atoms with Gasteiger partial charge in [-0.15, -0.1) is 0 Å². The zero-order chi connectivity index (χ0) is 19.4. The van der Waals surface area contributed by atoms with Crippen LogP contribution in [0.3, 0.4) is 0 Å². The summed E-state index contributed by atoms with van der Waals surface area (Å²) in [6.45, 7) is 1.84. The average molecular weight is 393 g/mol. The molecule has 0 spiro atoms. The van der Waals surface area contributed by atoms with E-state index in [0.29, 0.717) is 22.8 Å². The molecule has 1 aromatic heterocycles. The van der Waals surface area contributed by atoms with Gasteiger partial charge in [-0.3, -0.25) is 9.69 Å². The van der Waals surface area contributed by atoms with E-state index in [-0.39, 0.29) is 19.8 Å². The van der Waals surface area contributed by atoms with Gasteiger partial charge in [-0.1, -0.05) is 30.7 Å². The Morgan fingerprint density at radius 3 is 2.67 bits per heavy atom. The van der Waals surface area contributed by atoms with Crippen molar-refractivity contribution in [3.63, 3.8) is 0 Å². The molecule has 0 aliphatic carbocycles. The molecule has 27 heavy (non-hydrogen) atoms. The van der Waals surface area contributed by atoms with Gasteiger partial charge in [0.05, 0.1) is 25.5 Å². The van der Waals surface area contributed by atoms with E-state index in [1.807, 2.05) is 6.92 Å². The fourth-order valence-electron chi connectivity index (χ4n) is 3.12. The van der Waals surface area contributed by atoms with Gasteiger partial charge in [0.15, 0.2) is 0 Å². The summed E-state index contributed by atoms with van der Waals surface area (Å²) in [6, 6.07) is 9.74. The lowest BCUT2D eigenvalue weighted by Crippen LogP contribution is -2.44. The number of hydrogen-bond acceptors (Lipinski definition) is 5. The third-order valence-corrected chi connectivity index (χ3v) is 4.82. The first-order chi connectivity index (χ1) is 13.0. The summed E-state index contributed by atoms with van der Waals surface area (Å²) in [5.41, 5.74) is -0.505. The van der Waals surface area contributed by atoms with Crippen LogP contribution in [0, 0.1) is 0 Å². The van der Waals surface area contributed by atoms with Gasteiger partial charge in [-0.25, -0.2) is 4.79 Å². The van der Waals surface area contributed by atoms with Crippen molar-refractivity contribution in [3.05, 3.63) is 59.0 Å². The van der Waals surface area contributed by atoms with E-state index in [1.54, 1.807) is 36.4 Å². The number of furan rings is 1. The molecule has 1 aromatic carbocycles. The van der Waals surface area contributed by atoms with Gasteiger partial charge in [0.2, 0.25) is 0 Å². The maximum Gasteiger partial charge on any atom is 0.325 e. The van der Waals surface area contributed by atoms with Crippen LogP contribution in [0.2, 0.25) is 5.02 Å². The molecule has 0 bridgehead atoms. The molecule has 1 aliphatic heterocycles. The predicted molar refractivity (Wildman–Crippen MR) is 98.0 cm³/mol. The number of halogens is 1. The summed E-state index contributed by atoms with van der Waals surface area (Å²) in [6.07, 6.45) is 0.900. The van der Waals surface area contributed by atoms with Crippen molar-refractivity contribution in [1.29, 1.82) is 0 Å². The second-order valence-corrected chi connectivity index (χ2v) is 6.80. The summed E-state index contributed by atoms with van der Waals surface area (Å²) in [5, 5.41) is 13.5. The number of imide groups is 1. The van der Waals surface area contributed by atoms with Crippen molar-refractivity contribution in [2.24, 2.45) is 0 Å². The summed E-state index contributed by atoms with van der Waals surface area (Å²) in [4.78, 5) is 26.4. The Kier molecular flexibility index (Phi) is 5.84. The molecule has 0 radical (unpaired) electrons. The lowest BCUT2D eigenvalue weighted by Gasteiger charge is -2.26. The first-order valence-electron chi connectivity index (χ1n) is 8.64. The summed E-state index contributed by atoms with van der Waals surface area (Å²) in [5.74, 6) is 0.229. The van der Waals surface area contributed by atoms with E-state index in [2.05, 4.69) is 5.32 Å². The molecule has 1 saturated heterocycles. The van der Waals surface area contributed by atoms with Crippen molar-refractivity contribution in [1.82, 2.24) is 10.2 Å². The number of urea groups is 1. The van der Waals surface area contributed by atoms with Crippen molar-refractivity contribution >= 4 is 23.5 Å². The maximum absolute atomic E-state index is 13.0. The number of β-amino-alcohol motifs (C(OH)–C–C–N with tert-alkyl or cyclic N) is 1. The highest BCUT2D eigenvalue weighted by atomic mass is 35.5. The molecular formula is C19H21ClN2O5. The molecular weight excluding hydrogens is 372 g/mol. The number of amides is 3. The Labute approximate surface area is 161 Å². The molecule has 2 N–H and O–H groups in total. The molecule has 2 unspecified atom stereocenters. The van der Waals surface area contributed by atoms with E-state index in [1.165, 1.54) is 6.26 Å². The van der Waals surface area contributed by atoms with Gasteiger partial charge in [0.25, 0.3) is 5.91 Å². The first-order valence-corrected chi connectivity index (χ1v) is 9.02. The van der Waals surface area contributed by atoms with Crippen molar-refractivity contribution < 1.29 is 23.8 Å². The van der Waals surface area contributed by atoms with E-state index in [4.69, 9.17) is 20.8 Å². The van der Waals surface area contributed by atoms with E-state index in [9.17, 15) is 14.7 Å². The number of ether oxygens (including phenoxy) is 1. The van der Waals surface area contributed by atoms with Gasteiger partial charge in [0.1, 0.15) is 17.9 Å². The molecule has 3 amide bonds. The number of rotatable bonds is 8. The topological polar surface area (TPSA) is 92.0 Å². The Hall–Kier alpha value is -2.35. The predicted octanol–water partition coefficient (Wildman–Crippen LogP) is 2.67. The lowest BCUT2D eigenvalue weighted by molar-refractivity contribution is -0.133. The Morgan fingerprint density at radius 2 is 2.04 bits per heavy atom. The fraction of sp³-hybridized carbons (Fsp3) is 0.368. The molecule has 2 aromatic rings. The number of hydrogen-bond donors (Lipinski definition) is 2. The van der Waals surface area contributed by atoms with Crippen LogP contribution < -0.4 is 5.32 Å². The molecule has 1 fully saturated rings. The fourth-order valence-corrected chi connectivity index (χ4v) is 3.25. The van der Waals surface area contributed by atoms with E-state index >= 15 is 0 Å². The highest BCUT2D eigenvalue weighted by Gasteiger charge is 2.51. The largest absolute Gasteiger partial charge is 0.467 e. The van der Waals surface area contributed by atoms with Gasteiger partial charge in [0, 0.05) is 5.02 Å². The molecule has 3 rings (SSSR count). The minimum absolute atomic E-state index is 0.0299. The standard InChI is InChI=1S/C19H21ClN2O5/c1-2-19(13-5-7-14(20)8-6-13)17(24)22(18(25)21-19)10-15(23)11-26-12-16-4-3-9-27-16/h3-9,15,23H,2,10-12H2,1H3,(H,21,25). The number of carbonyl (C=O) groups is 2. The molecule has 7 nitrogen and oxygen atoms in total. The highest BCUT2D eigenvalue weighted by molar-refractivity contribution is 6.30. The van der Waals surface area contributed by atoms with Crippen molar-refractivity contribution in [2.45, 2.75) is 31.6 Å². The number of benzene rings is 1. The molecule has 1 aliphatic rings. The number of aliphatic hydroxyl groups is 1. The molecule has 2 atom stereocenters. The second-order valence-electron chi connectivity index (χ2n) is 6.36. The maximum atomic E-state index is 13.0. The van der Waals surface area contributed by atoms with Crippen LogP contribution in [0.15, 0.2) is 47.1 Å². The Bertz CT molecular complexity index is 793. The molecule has 2 heterocycles. The number of nitrogens with one attached hydrogen (secondary N) is 1. The third kappa shape index (κ3) is 4.00. The van der Waals surface area contributed by atoms with Gasteiger partial charge in [-0.2, -0.15) is 0 Å². The minimum Gasteiger partial charge on any atom is -0.467 e. The van der Waals surface area contributed by atoms with E-state index in [0.717, 1.165) is 4.90 Å². The SMILES string of the molecule is CCC1(c2ccc(Cl)cc2)NC(=O)N(CC(O)COCc2ccco2)C1=O. The molecule has 144 valence electrons. The van der Waals surface area contributed by atoms with Crippen molar-refractivity contribution in [2.75, 3.05) is 13.2 Å². The van der Waals surface area contributed by atoms with Crippen LogP contribution in [0.1, 0.15) is 24.7 Å². The Balaban J connectivity index is 1.64. The third-order valence-electron chi connectivity index (χ3n) is 4.57. The quantitative estimate of drug-likeness (QED) is 0.674. The lowest BCUT2D eigenvalue weighted by atomic mass is 9.87. The van der Waals surface area contributed by atoms with Crippen LogP contribution >= 0.6 is 11.6 Å². The van der Waals surface area contributed by atoms with Gasteiger partial charge >= 0.3 is 6.03 Å². The van der Waals surface area contributed by atoms with Crippen molar-refractivity contribution in [3.8, 4) is 0 Å². The normalized spacial score (nSPS) is 20.8. The zero-order valence-corrected chi connectivity index (χ0v) is 15.6. The number of carbonyl (C=O) groups excluding carboxylic acids is 2.